The fourth-order valence-corrected chi connectivity index (χ4v) is 1.49. The Morgan fingerprint density at radius 2 is 2.11 bits per heavy atom. The van der Waals surface area contributed by atoms with Crippen LogP contribution in [0.5, 0.6) is 0 Å². The summed E-state index contributed by atoms with van der Waals surface area (Å²) in [5.74, 6) is 0.506. The van der Waals surface area contributed by atoms with Crippen LogP contribution in [0.15, 0.2) is 0 Å². The molecule has 0 radical (unpaired) electrons. The minimum atomic E-state index is -0.363. The van der Waals surface area contributed by atoms with Crippen molar-refractivity contribution in [2.75, 3.05) is 0 Å². The molecule has 0 aromatic rings. The van der Waals surface area contributed by atoms with Gasteiger partial charge in [0.25, 0.3) is 0 Å². The zero-order chi connectivity index (χ0) is 6.91. The van der Waals surface area contributed by atoms with Gasteiger partial charge in [0.15, 0.2) is 0 Å². The Balaban J connectivity index is 2.49. The van der Waals surface area contributed by atoms with E-state index in [1.54, 1.807) is 0 Å². The molecule has 0 unspecified atom stereocenters. The summed E-state index contributed by atoms with van der Waals surface area (Å²) in [5.41, 5.74) is -0.363. The van der Waals surface area contributed by atoms with Gasteiger partial charge in [-0.1, -0.05) is 19.8 Å². The summed E-state index contributed by atoms with van der Waals surface area (Å²) in [5, 5.41) is 9.64. The van der Waals surface area contributed by atoms with E-state index < -0.39 is 0 Å². The summed E-state index contributed by atoms with van der Waals surface area (Å²) in [7, 11) is 0. The molecular formula is C8H16O. The highest BCUT2D eigenvalue weighted by Crippen LogP contribution is 2.32. The Bertz CT molecular complexity index is 96.7. The number of hydrogen-bond donors (Lipinski definition) is 1. The highest BCUT2D eigenvalue weighted by atomic mass is 18.2. The molecule has 1 nitrogen and oxygen atoms in total. The van der Waals surface area contributed by atoms with Crippen LogP contribution >= 0.6 is 0 Å². The third-order valence-corrected chi connectivity index (χ3v) is 2.63. The van der Waals surface area contributed by atoms with Gasteiger partial charge in [0.05, 0.1) is 5.60 Å². The van der Waals surface area contributed by atoms with Crippen LogP contribution in [0.4, 0.5) is 0 Å². The zero-order valence-electron chi connectivity index (χ0n) is 6.35. The molecule has 0 aromatic heterocycles. The summed E-state index contributed by atoms with van der Waals surface area (Å²) in [6.07, 6.45) is 4.70. The van der Waals surface area contributed by atoms with Crippen LogP contribution in [-0.2, 0) is 0 Å². The Labute approximate surface area is 57.1 Å². The fraction of sp³-hybridized carbons (Fsp3) is 1.00. The van der Waals surface area contributed by atoms with Crippen molar-refractivity contribution in [1.29, 1.82) is 0 Å². The van der Waals surface area contributed by atoms with Gasteiger partial charge in [-0.2, -0.15) is 0 Å². The van der Waals surface area contributed by atoms with Gasteiger partial charge in [-0.3, -0.25) is 0 Å². The summed E-state index contributed by atoms with van der Waals surface area (Å²) in [6.45, 7) is 4.09. The van der Waals surface area contributed by atoms with E-state index in [0.29, 0.717) is 5.92 Å². The van der Waals surface area contributed by atoms with Crippen molar-refractivity contribution in [3.8, 4) is 0 Å². The van der Waals surface area contributed by atoms with E-state index in [9.17, 15) is 5.11 Å². The molecule has 0 aliphatic heterocycles. The molecule has 1 aliphatic rings. The van der Waals surface area contributed by atoms with E-state index in [2.05, 4.69) is 6.92 Å². The number of rotatable bonds is 0. The minimum Gasteiger partial charge on any atom is -0.390 e. The van der Waals surface area contributed by atoms with E-state index in [1.807, 2.05) is 6.92 Å². The average Bonchev–Trinajstić information content (AvgIpc) is 1.77. The second-order valence-electron chi connectivity index (χ2n) is 3.50. The Kier molecular flexibility index (Phi) is 1.80. The maximum absolute atomic E-state index is 9.64. The van der Waals surface area contributed by atoms with E-state index >= 15 is 0 Å². The van der Waals surface area contributed by atoms with Crippen molar-refractivity contribution in [1.82, 2.24) is 0 Å². The first-order valence-corrected chi connectivity index (χ1v) is 3.85. The second kappa shape index (κ2) is 2.30. The lowest BCUT2D eigenvalue weighted by Crippen LogP contribution is -2.35. The molecule has 0 bridgehead atoms. The van der Waals surface area contributed by atoms with E-state index in [4.69, 9.17) is 0 Å². The molecule has 0 amide bonds. The molecule has 1 fully saturated rings. The molecule has 2 atom stereocenters. The van der Waals surface area contributed by atoms with Crippen molar-refractivity contribution in [2.45, 2.75) is 45.1 Å². The predicted molar refractivity (Wildman–Crippen MR) is 38.3 cm³/mol. The second-order valence-corrected chi connectivity index (χ2v) is 3.50. The van der Waals surface area contributed by atoms with Gasteiger partial charge in [-0.05, 0) is 25.7 Å². The molecule has 0 heterocycles. The average molecular weight is 130 g/mol. The highest BCUT2D eigenvalue weighted by Gasteiger charge is 2.30. The van der Waals surface area contributed by atoms with Crippen molar-refractivity contribution < 1.29 is 5.11 Å². The van der Waals surface area contributed by atoms with Crippen LogP contribution in [0.2, 0.25) is 0 Å². The molecule has 0 aromatic carbocycles. The molecule has 9 heavy (non-hydrogen) atoms. The van der Waals surface area contributed by atoms with Gasteiger partial charge in [0, 0.05) is 0 Å². The monoisotopic (exact) mass is 130 g/mol. The molecule has 1 N–H and O–H groups in total. The number of hydrogen-bond acceptors (Lipinski definition) is 1. The van der Waals surface area contributed by atoms with Gasteiger partial charge < -0.3 is 5.11 Å². The molecule has 1 heteroatoms. The SMILES string of the molecule is C[C@H]1CCCC[C@]1(C)[18OH]. The van der Waals surface area contributed by atoms with E-state index in [1.165, 1.54) is 19.3 Å². The normalized spacial score (nSPS) is 45.0. The van der Waals surface area contributed by atoms with Crippen LogP contribution in [0.3, 0.4) is 0 Å². The van der Waals surface area contributed by atoms with Crippen LogP contribution in [-0.4, -0.2) is 10.7 Å². The third-order valence-electron chi connectivity index (χ3n) is 2.63. The third kappa shape index (κ3) is 1.45. The molecule has 1 aliphatic carbocycles. The lowest BCUT2D eigenvalue weighted by atomic mass is 9.79. The van der Waals surface area contributed by atoms with Crippen LogP contribution in [0.25, 0.3) is 0 Å². The van der Waals surface area contributed by atoms with E-state index in [-0.39, 0.29) is 5.60 Å². The Hall–Kier alpha value is -0.0400. The Morgan fingerprint density at radius 3 is 2.44 bits per heavy atom. The standard InChI is InChI=1S/C8H16O/c1-7-5-3-4-6-8(7,2)9/h7,9H,3-6H2,1-2H3/t7-,8-/m0/s1/i9+2. The first kappa shape index (κ1) is 7.07. The van der Waals surface area contributed by atoms with Gasteiger partial charge >= 0.3 is 0 Å². The maximum Gasteiger partial charge on any atom is 0.0645 e. The highest BCUT2D eigenvalue weighted by molar-refractivity contribution is 4.82. The predicted octanol–water partition coefficient (Wildman–Crippen LogP) is 1.95. The molecule has 54 valence electrons. The van der Waals surface area contributed by atoms with Gasteiger partial charge in [-0.15, -0.1) is 0 Å². The lowest BCUT2D eigenvalue weighted by molar-refractivity contribution is -0.0239. The summed E-state index contributed by atoms with van der Waals surface area (Å²) in [4.78, 5) is 0. The van der Waals surface area contributed by atoms with Crippen molar-refractivity contribution in [3.05, 3.63) is 0 Å². The topological polar surface area (TPSA) is 20.2 Å². The van der Waals surface area contributed by atoms with Crippen molar-refractivity contribution in [3.63, 3.8) is 0 Å². The summed E-state index contributed by atoms with van der Waals surface area (Å²) in [6, 6.07) is 0. The molecule has 0 spiro atoms. The number of aliphatic hydroxyl groups is 1. The quantitative estimate of drug-likeness (QED) is 0.497. The zero-order valence-corrected chi connectivity index (χ0v) is 6.35. The minimum absolute atomic E-state index is 0.363. The van der Waals surface area contributed by atoms with Gasteiger partial charge in [0.1, 0.15) is 0 Å². The summed E-state index contributed by atoms with van der Waals surface area (Å²) >= 11 is 0. The van der Waals surface area contributed by atoms with Crippen LogP contribution < -0.4 is 0 Å². The smallest absolute Gasteiger partial charge is 0.0645 e. The van der Waals surface area contributed by atoms with Crippen molar-refractivity contribution in [2.24, 2.45) is 5.92 Å². The van der Waals surface area contributed by atoms with Gasteiger partial charge in [-0.25, -0.2) is 0 Å². The fourth-order valence-electron chi connectivity index (χ4n) is 1.49. The molecule has 0 saturated heterocycles. The lowest BCUT2D eigenvalue weighted by Gasteiger charge is -2.34. The molecule has 1 saturated carbocycles. The van der Waals surface area contributed by atoms with E-state index in [0.717, 1.165) is 6.42 Å². The van der Waals surface area contributed by atoms with Crippen LogP contribution in [0.1, 0.15) is 39.5 Å². The van der Waals surface area contributed by atoms with Gasteiger partial charge in [0.2, 0.25) is 0 Å². The summed E-state index contributed by atoms with van der Waals surface area (Å²) < 4.78 is 0. The first-order chi connectivity index (χ1) is 4.13. The Morgan fingerprint density at radius 1 is 1.44 bits per heavy atom. The van der Waals surface area contributed by atoms with Crippen LogP contribution in [0, 0.1) is 5.92 Å². The van der Waals surface area contributed by atoms with Crippen molar-refractivity contribution >= 4 is 0 Å². The molecular weight excluding hydrogens is 114 g/mol. The first-order valence-electron chi connectivity index (χ1n) is 3.85. The molecule has 1 rings (SSSR count). The largest absolute Gasteiger partial charge is 0.390 e. The maximum atomic E-state index is 9.64.